The molecule has 4 nitrogen and oxygen atoms in total. The van der Waals surface area contributed by atoms with Crippen molar-refractivity contribution in [2.45, 2.75) is 33.7 Å². The van der Waals surface area contributed by atoms with Crippen LogP contribution in [0, 0.1) is 6.92 Å². The third-order valence-corrected chi connectivity index (χ3v) is 4.55. The van der Waals surface area contributed by atoms with E-state index in [0.29, 0.717) is 18.8 Å². The molecular weight excluding hydrogens is 326 g/mol. The third kappa shape index (κ3) is 3.59. The fourth-order valence-corrected chi connectivity index (χ4v) is 3.35. The van der Waals surface area contributed by atoms with Crippen molar-refractivity contribution in [3.8, 4) is 5.75 Å². The van der Waals surface area contributed by atoms with E-state index in [0.717, 1.165) is 35.3 Å². The van der Waals surface area contributed by atoms with Crippen molar-refractivity contribution >= 4 is 16.9 Å². The van der Waals surface area contributed by atoms with Gasteiger partial charge in [-0.2, -0.15) is 0 Å². The van der Waals surface area contributed by atoms with Crippen molar-refractivity contribution < 1.29 is 14.3 Å². The number of carbonyl (C=O) groups is 1. The average molecular weight is 351 g/mol. The number of hydrogen-bond acceptors (Lipinski definition) is 3. The zero-order valence-electron chi connectivity index (χ0n) is 15.6. The summed E-state index contributed by atoms with van der Waals surface area (Å²) in [7, 11) is 0. The van der Waals surface area contributed by atoms with Crippen LogP contribution in [-0.4, -0.2) is 23.8 Å². The highest BCUT2D eigenvalue weighted by Gasteiger charge is 2.21. The monoisotopic (exact) mass is 351 g/mol. The standard InChI is InChI=1S/C22H25NO3/c1-4-25-18-11-12-20-19(15-18)21(22(24)26-5-2)16(3)23(20)14-13-17-9-7-6-8-10-17/h6-12,15H,4-5,13-14H2,1-3H3. The van der Waals surface area contributed by atoms with Crippen molar-refractivity contribution in [2.24, 2.45) is 0 Å². The van der Waals surface area contributed by atoms with Gasteiger partial charge in [-0.25, -0.2) is 4.79 Å². The van der Waals surface area contributed by atoms with E-state index in [9.17, 15) is 4.79 Å². The van der Waals surface area contributed by atoms with E-state index in [1.165, 1.54) is 5.56 Å². The Hall–Kier alpha value is -2.75. The first kappa shape index (κ1) is 18.1. The van der Waals surface area contributed by atoms with Crippen LogP contribution in [0.4, 0.5) is 0 Å². The van der Waals surface area contributed by atoms with Gasteiger partial charge in [-0.3, -0.25) is 0 Å². The normalized spacial score (nSPS) is 10.9. The molecule has 2 aromatic carbocycles. The Morgan fingerprint density at radius 3 is 2.50 bits per heavy atom. The quantitative estimate of drug-likeness (QED) is 0.576. The van der Waals surface area contributed by atoms with Crippen LogP contribution in [0.25, 0.3) is 10.9 Å². The Morgan fingerprint density at radius 1 is 1.04 bits per heavy atom. The Balaban J connectivity index is 2.04. The number of carbonyl (C=O) groups excluding carboxylic acids is 1. The van der Waals surface area contributed by atoms with Crippen LogP contribution < -0.4 is 4.74 Å². The van der Waals surface area contributed by atoms with E-state index in [4.69, 9.17) is 9.47 Å². The van der Waals surface area contributed by atoms with E-state index >= 15 is 0 Å². The van der Waals surface area contributed by atoms with E-state index in [1.54, 1.807) is 0 Å². The highest BCUT2D eigenvalue weighted by Crippen LogP contribution is 2.30. The van der Waals surface area contributed by atoms with Gasteiger partial charge in [0.1, 0.15) is 5.75 Å². The molecule has 0 saturated heterocycles. The van der Waals surface area contributed by atoms with Gasteiger partial charge in [0.2, 0.25) is 0 Å². The Morgan fingerprint density at radius 2 is 1.81 bits per heavy atom. The number of aryl methyl sites for hydroxylation is 2. The molecule has 0 bridgehead atoms. The SMILES string of the molecule is CCOC(=O)c1c(C)n(CCc2ccccc2)c2ccc(OCC)cc12. The van der Waals surface area contributed by atoms with Crippen molar-refractivity contribution in [2.75, 3.05) is 13.2 Å². The second kappa shape index (κ2) is 8.09. The Labute approximate surface area is 154 Å². The fraction of sp³-hybridized carbons (Fsp3) is 0.318. The van der Waals surface area contributed by atoms with E-state index in [2.05, 4.69) is 16.7 Å². The van der Waals surface area contributed by atoms with Gasteiger partial charge in [-0.15, -0.1) is 0 Å². The van der Waals surface area contributed by atoms with Gasteiger partial charge in [0, 0.05) is 23.1 Å². The molecular formula is C22H25NO3. The lowest BCUT2D eigenvalue weighted by molar-refractivity contribution is 0.0527. The second-order valence-electron chi connectivity index (χ2n) is 6.18. The van der Waals surface area contributed by atoms with Gasteiger partial charge in [0.15, 0.2) is 0 Å². The van der Waals surface area contributed by atoms with Crippen molar-refractivity contribution in [3.63, 3.8) is 0 Å². The van der Waals surface area contributed by atoms with Gasteiger partial charge in [-0.05, 0) is 51.0 Å². The third-order valence-electron chi connectivity index (χ3n) is 4.55. The first-order valence-corrected chi connectivity index (χ1v) is 9.12. The number of esters is 1. The maximum absolute atomic E-state index is 12.6. The lowest BCUT2D eigenvalue weighted by Crippen LogP contribution is -2.08. The summed E-state index contributed by atoms with van der Waals surface area (Å²) in [5, 5.41) is 0.889. The number of hydrogen-bond donors (Lipinski definition) is 0. The minimum absolute atomic E-state index is 0.276. The number of aromatic nitrogens is 1. The minimum atomic E-state index is -0.276. The van der Waals surface area contributed by atoms with E-state index in [1.807, 2.05) is 57.2 Å². The number of rotatable bonds is 7. The predicted octanol–water partition coefficient (Wildman–Crippen LogP) is 4.77. The number of benzene rings is 2. The molecule has 3 rings (SSSR count). The molecule has 0 aliphatic rings. The summed E-state index contributed by atoms with van der Waals surface area (Å²) in [5.41, 5.74) is 3.88. The molecule has 0 spiro atoms. The van der Waals surface area contributed by atoms with Gasteiger partial charge in [-0.1, -0.05) is 30.3 Å². The summed E-state index contributed by atoms with van der Waals surface area (Å²) >= 11 is 0. The molecule has 0 aliphatic carbocycles. The minimum Gasteiger partial charge on any atom is -0.494 e. The molecule has 26 heavy (non-hydrogen) atoms. The van der Waals surface area contributed by atoms with Crippen molar-refractivity contribution in [3.05, 3.63) is 65.4 Å². The highest BCUT2D eigenvalue weighted by atomic mass is 16.5. The lowest BCUT2D eigenvalue weighted by Gasteiger charge is -2.09. The highest BCUT2D eigenvalue weighted by molar-refractivity contribution is 6.06. The number of ether oxygens (including phenoxy) is 2. The van der Waals surface area contributed by atoms with Gasteiger partial charge >= 0.3 is 5.97 Å². The van der Waals surface area contributed by atoms with Crippen molar-refractivity contribution in [1.29, 1.82) is 0 Å². The molecule has 0 aliphatic heterocycles. The maximum Gasteiger partial charge on any atom is 0.340 e. The number of fused-ring (bicyclic) bond motifs is 1. The molecule has 0 fully saturated rings. The lowest BCUT2D eigenvalue weighted by atomic mass is 10.1. The molecule has 0 atom stereocenters. The molecule has 4 heteroatoms. The molecule has 1 aromatic heterocycles. The van der Waals surface area contributed by atoms with Crippen LogP contribution in [0.2, 0.25) is 0 Å². The summed E-state index contributed by atoms with van der Waals surface area (Å²) < 4.78 is 13.1. The maximum atomic E-state index is 12.6. The van der Waals surface area contributed by atoms with Crippen LogP contribution in [0.15, 0.2) is 48.5 Å². The van der Waals surface area contributed by atoms with Crippen LogP contribution in [0.5, 0.6) is 5.75 Å². The molecule has 0 saturated carbocycles. The van der Waals surface area contributed by atoms with Crippen molar-refractivity contribution in [1.82, 2.24) is 4.57 Å². The van der Waals surface area contributed by atoms with Crippen LogP contribution in [-0.2, 0) is 17.7 Å². The van der Waals surface area contributed by atoms with E-state index < -0.39 is 0 Å². The summed E-state index contributed by atoms with van der Waals surface area (Å²) in [6, 6.07) is 16.3. The van der Waals surface area contributed by atoms with Crippen LogP contribution >= 0.6 is 0 Å². The topological polar surface area (TPSA) is 40.5 Å². The van der Waals surface area contributed by atoms with Crippen LogP contribution in [0.3, 0.4) is 0 Å². The molecule has 1 heterocycles. The first-order valence-electron chi connectivity index (χ1n) is 9.12. The Kier molecular flexibility index (Phi) is 5.61. The summed E-state index contributed by atoms with van der Waals surface area (Å²) in [4.78, 5) is 12.6. The summed E-state index contributed by atoms with van der Waals surface area (Å²) in [6.07, 6.45) is 0.904. The molecule has 136 valence electrons. The van der Waals surface area contributed by atoms with Gasteiger partial charge in [0.05, 0.1) is 18.8 Å². The molecule has 0 N–H and O–H groups in total. The average Bonchev–Trinajstić information content (AvgIpc) is 2.92. The molecule has 0 radical (unpaired) electrons. The summed E-state index contributed by atoms with van der Waals surface area (Å²) in [5.74, 6) is 0.493. The largest absolute Gasteiger partial charge is 0.494 e. The van der Waals surface area contributed by atoms with Crippen LogP contribution in [0.1, 0.15) is 35.5 Å². The fourth-order valence-electron chi connectivity index (χ4n) is 3.35. The van der Waals surface area contributed by atoms with Gasteiger partial charge < -0.3 is 14.0 Å². The molecule has 0 amide bonds. The zero-order valence-corrected chi connectivity index (χ0v) is 15.6. The molecule has 3 aromatic rings. The first-order chi connectivity index (χ1) is 12.7. The Bertz CT molecular complexity index is 897. The number of nitrogens with zero attached hydrogens (tertiary/aromatic N) is 1. The van der Waals surface area contributed by atoms with E-state index in [-0.39, 0.29) is 5.97 Å². The summed E-state index contributed by atoms with van der Waals surface area (Å²) in [6.45, 7) is 7.52. The molecule has 0 unspecified atom stereocenters. The second-order valence-corrected chi connectivity index (χ2v) is 6.18. The predicted molar refractivity (Wildman–Crippen MR) is 104 cm³/mol. The smallest absolute Gasteiger partial charge is 0.340 e. The zero-order chi connectivity index (χ0) is 18.5. The van der Waals surface area contributed by atoms with Gasteiger partial charge in [0.25, 0.3) is 0 Å².